The van der Waals surface area contributed by atoms with Gasteiger partial charge in [-0.15, -0.1) is 5.10 Å². The predicted molar refractivity (Wildman–Crippen MR) is 67.4 cm³/mol. The smallest absolute Gasteiger partial charge is 0.325 e. The maximum absolute atomic E-state index is 11.4. The van der Waals surface area contributed by atoms with Gasteiger partial charge < -0.3 is 15.7 Å². The van der Waals surface area contributed by atoms with Crippen molar-refractivity contribution in [2.24, 2.45) is 5.92 Å². The van der Waals surface area contributed by atoms with Crippen LogP contribution in [0.25, 0.3) is 0 Å². The topological polar surface area (TPSA) is 109 Å². The van der Waals surface area contributed by atoms with Gasteiger partial charge in [-0.2, -0.15) is 0 Å². The first kappa shape index (κ1) is 14.9. The molecule has 8 nitrogen and oxygen atoms in total. The Kier molecular flexibility index (Phi) is 5.77. The van der Waals surface area contributed by atoms with Crippen LogP contribution in [-0.2, 0) is 17.9 Å². The third kappa shape index (κ3) is 5.84. The number of carboxylic acid groups (broad SMARTS) is 1. The first-order valence-electron chi connectivity index (χ1n) is 6.13. The van der Waals surface area contributed by atoms with Crippen molar-refractivity contribution in [2.45, 2.75) is 33.4 Å². The van der Waals surface area contributed by atoms with Crippen molar-refractivity contribution in [1.29, 1.82) is 0 Å². The number of carbonyl (C=O) groups excluding carboxylic acids is 1. The van der Waals surface area contributed by atoms with Crippen LogP contribution in [-0.4, -0.2) is 38.6 Å². The fraction of sp³-hybridized carbons (Fsp3) is 0.636. The second-order valence-corrected chi connectivity index (χ2v) is 4.38. The highest BCUT2D eigenvalue weighted by molar-refractivity contribution is 5.73. The zero-order chi connectivity index (χ0) is 14.3. The van der Waals surface area contributed by atoms with E-state index in [0.717, 1.165) is 6.42 Å². The number of rotatable bonds is 7. The van der Waals surface area contributed by atoms with Crippen LogP contribution in [0.2, 0.25) is 0 Å². The molecule has 106 valence electrons. The van der Waals surface area contributed by atoms with E-state index in [-0.39, 0.29) is 19.1 Å². The molecule has 1 unspecified atom stereocenters. The van der Waals surface area contributed by atoms with Gasteiger partial charge in [0.25, 0.3) is 0 Å². The first-order valence-corrected chi connectivity index (χ1v) is 6.13. The highest BCUT2D eigenvalue weighted by atomic mass is 16.4. The van der Waals surface area contributed by atoms with Crippen LogP contribution in [0.4, 0.5) is 4.79 Å². The fourth-order valence-electron chi connectivity index (χ4n) is 1.28. The van der Waals surface area contributed by atoms with Gasteiger partial charge >= 0.3 is 12.0 Å². The quantitative estimate of drug-likeness (QED) is 0.655. The molecule has 19 heavy (non-hydrogen) atoms. The van der Waals surface area contributed by atoms with Crippen LogP contribution in [0.1, 0.15) is 26.0 Å². The summed E-state index contributed by atoms with van der Waals surface area (Å²) in [6.07, 6.45) is 2.49. The predicted octanol–water partition coefficient (Wildman–Crippen LogP) is 0.208. The lowest BCUT2D eigenvalue weighted by Crippen LogP contribution is -2.37. The Bertz CT molecular complexity index is 432. The van der Waals surface area contributed by atoms with E-state index in [2.05, 4.69) is 34.8 Å². The Hall–Kier alpha value is -2.12. The Balaban J connectivity index is 2.30. The van der Waals surface area contributed by atoms with Gasteiger partial charge in [0.1, 0.15) is 12.2 Å². The number of urea groups is 1. The summed E-state index contributed by atoms with van der Waals surface area (Å²) in [6.45, 7) is 4.70. The Morgan fingerprint density at radius 1 is 1.47 bits per heavy atom. The van der Waals surface area contributed by atoms with Gasteiger partial charge in [-0.25, -0.2) is 9.48 Å². The van der Waals surface area contributed by atoms with E-state index in [4.69, 9.17) is 5.11 Å². The molecule has 0 fully saturated rings. The molecule has 1 rings (SSSR count). The lowest BCUT2D eigenvalue weighted by Gasteiger charge is -2.10. The van der Waals surface area contributed by atoms with Crippen molar-refractivity contribution in [3.63, 3.8) is 0 Å². The molecule has 0 saturated carbocycles. The molecule has 0 spiro atoms. The Morgan fingerprint density at radius 2 is 2.21 bits per heavy atom. The van der Waals surface area contributed by atoms with Crippen LogP contribution < -0.4 is 10.6 Å². The molecule has 3 N–H and O–H groups in total. The molecule has 0 aromatic carbocycles. The summed E-state index contributed by atoms with van der Waals surface area (Å²) in [7, 11) is 0. The molecule has 0 bridgehead atoms. The fourth-order valence-corrected chi connectivity index (χ4v) is 1.28. The maximum atomic E-state index is 11.4. The molecule has 1 aromatic heterocycles. The second-order valence-electron chi connectivity index (χ2n) is 4.38. The van der Waals surface area contributed by atoms with Crippen LogP contribution in [0.5, 0.6) is 0 Å². The van der Waals surface area contributed by atoms with Crippen LogP contribution in [0, 0.1) is 5.92 Å². The molecule has 8 heteroatoms. The van der Waals surface area contributed by atoms with Crippen molar-refractivity contribution >= 4 is 12.0 Å². The van der Waals surface area contributed by atoms with Crippen molar-refractivity contribution < 1.29 is 14.7 Å². The highest BCUT2D eigenvalue weighted by Crippen LogP contribution is 1.97. The SMILES string of the molecule is CCC(C)CNC(=O)NCc1cn(CC(=O)O)nn1. The summed E-state index contributed by atoms with van der Waals surface area (Å²) in [4.78, 5) is 21.9. The first-order chi connectivity index (χ1) is 9.01. The largest absolute Gasteiger partial charge is 0.480 e. The van der Waals surface area contributed by atoms with E-state index >= 15 is 0 Å². The van der Waals surface area contributed by atoms with E-state index in [1.165, 1.54) is 10.9 Å². The van der Waals surface area contributed by atoms with E-state index in [9.17, 15) is 9.59 Å². The van der Waals surface area contributed by atoms with Gasteiger partial charge in [0.2, 0.25) is 0 Å². The zero-order valence-electron chi connectivity index (χ0n) is 11.1. The standard InChI is InChI=1S/C11H19N5O3/c1-3-8(2)4-12-11(19)13-5-9-6-16(15-14-9)7-10(17)18/h6,8H,3-5,7H2,1-2H3,(H,17,18)(H2,12,13,19). The molecule has 0 aliphatic heterocycles. The number of hydrogen-bond donors (Lipinski definition) is 3. The minimum atomic E-state index is -0.990. The van der Waals surface area contributed by atoms with E-state index in [1.807, 2.05) is 0 Å². The van der Waals surface area contributed by atoms with Crippen LogP contribution >= 0.6 is 0 Å². The summed E-state index contributed by atoms with van der Waals surface area (Å²) in [5, 5.41) is 21.3. The molecule has 0 aliphatic carbocycles. The number of aromatic nitrogens is 3. The molecule has 0 saturated heterocycles. The normalized spacial score (nSPS) is 11.9. The van der Waals surface area contributed by atoms with E-state index < -0.39 is 5.97 Å². The monoisotopic (exact) mass is 269 g/mol. The van der Waals surface area contributed by atoms with Gasteiger partial charge in [0.05, 0.1) is 12.7 Å². The zero-order valence-corrected chi connectivity index (χ0v) is 11.1. The summed E-state index contributed by atoms with van der Waals surface area (Å²) >= 11 is 0. The van der Waals surface area contributed by atoms with E-state index in [0.29, 0.717) is 18.2 Å². The number of carbonyl (C=O) groups is 2. The molecule has 0 radical (unpaired) electrons. The number of nitrogens with zero attached hydrogens (tertiary/aromatic N) is 3. The van der Waals surface area contributed by atoms with Gasteiger partial charge in [0.15, 0.2) is 0 Å². The third-order valence-electron chi connectivity index (χ3n) is 2.62. The second kappa shape index (κ2) is 7.34. The molecule has 2 amide bonds. The summed E-state index contributed by atoms with van der Waals surface area (Å²) in [5.74, 6) is -0.558. The summed E-state index contributed by atoms with van der Waals surface area (Å²) < 4.78 is 1.20. The van der Waals surface area contributed by atoms with Crippen molar-refractivity contribution in [3.8, 4) is 0 Å². The Labute approximate surface area is 111 Å². The van der Waals surface area contributed by atoms with Gasteiger partial charge in [0, 0.05) is 6.54 Å². The average Bonchev–Trinajstić information content (AvgIpc) is 2.80. The van der Waals surface area contributed by atoms with Crippen molar-refractivity contribution in [2.75, 3.05) is 6.54 Å². The molecule has 0 aliphatic rings. The summed E-state index contributed by atoms with van der Waals surface area (Å²) in [5.41, 5.74) is 0.514. The average molecular weight is 269 g/mol. The van der Waals surface area contributed by atoms with Gasteiger partial charge in [-0.1, -0.05) is 25.5 Å². The molecule has 1 atom stereocenters. The third-order valence-corrected chi connectivity index (χ3v) is 2.62. The number of aliphatic carboxylic acids is 1. The molecule has 1 aromatic rings. The van der Waals surface area contributed by atoms with Crippen LogP contribution in [0.3, 0.4) is 0 Å². The Morgan fingerprint density at radius 3 is 2.84 bits per heavy atom. The lowest BCUT2D eigenvalue weighted by molar-refractivity contribution is -0.137. The molecular weight excluding hydrogens is 250 g/mol. The number of amides is 2. The van der Waals surface area contributed by atoms with E-state index in [1.54, 1.807) is 0 Å². The van der Waals surface area contributed by atoms with Crippen LogP contribution in [0.15, 0.2) is 6.20 Å². The minimum Gasteiger partial charge on any atom is -0.480 e. The maximum Gasteiger partial charge on any atom is 0.325 e. The molecule has 1 heterocycles. The van der Waals surface area contributed by atoms with Crippen molar-refractivity contribution in [1.82, 2.24) is 25.6 Å². The number of hydrogen-bond acceptors (Lipinski definition) is 4. The van der Waals surface area contributed by atoms with Gasteiger partial charge in [-0.3, -0.25) is 4.79 Å². The van der Waals surface area contributed by atoms with Gasteiger partial charge in [-0.05, 0) is 5.92 Å². The minimum absolute atomic E-state index is 0.214. The lowest BCUT2D eigenvalue weighted by atomic mass is 10.1. The number of carboxylic acids is 1. The summed E-state index contributed by atoms with van der Waals surface area (Å²) in [6, 6.07) is -0.270. The number of nitrogens with one attached hydrogen (secondary N) is 2. The highest BCUT2D eigenvalue weighted by Gasteiger charge is 2.06. The van der Waals surface area contributed by atoms with Crippen molar-refractivity contribution in [3.05, 3.63) is 11.9 Å². The molecular formula is C11H19N5O3.